The zero-order chi connectivity index (χ0) is 20.8. The van der Waals surface area contributed by atoms with E-state index >= 15 is 0 Å². The summed E-state index contributed by atoms with van der Waals surface area (Å²) in [5, 5.41) is 8.45. The molecule has 0 spiro atoms. The van der Waals surface area contributed by atoms with Crippen molar-refractivity contribution < 1.29 is 9.47 Å². The van der Waals surface area contributed by atoms with E-state index < -0.39 is 0 Å². The second-order valence-corrected chi connectivity index (χ2v) is 12.2. The van der Waals surface area contributed by atoms with Gasteiger partial charge in [-0.1, -0.05) is 27.7 Å². The van der Waals surface area contributed by atoms with Crippen molar-refractivity contribution in [1.82, 2.24) is 20.4 Å². The van der Waals surface area contributed by atoms with Crippen molar-refractivity contribution in [3.8, 4) is 0 Å². The first-order valence-corrected chi connectivity index (χ1v) is 12.5. The predicted octanol–water partition coefficient (Wildman–Crippen LogP) is 1.16. The van der Waals surface area contributed by atoms with Gasteiger partial charge in [-0.3, -0.25) is 9.80 Å². The van der Waals surface area contributed by atoms with Gasteiger partial charge in [-0.25, -0.2) is 0 Å². The maximum atomic E-state index is 5.74. The average molecular weight is 419 g/mol. The molecule has 30 heavy (non-hydrogen) atoms. The third-order valence-corrected chi connectivity index (χ3v) is 10.9. The highest BCUT2D eigenvalue weighted by molar-refractivity contribution is 5.36. The first kappa shape index (κ1) is 20.4. The topological polar surface area (TPSA) is 49.0 Å². The molecule has 4 saturated heterocycles. The molecule has 2 aliphatic carbocycles. The average Bonchev–Trinajstić information content (AvgIpc) is 2.94. The summed E-state index contributed by atoms with van der Waals surface area (Å²) in [7, 11) is 0. The molecule has 0 aromatic heterocycles. The molecule has 4 bridgehead atoms. The Balaban J connectivity index is 1.49. The van der Waals surface area contributed by atoms with Crippen molar-refractivity contribution in [2.45, 2.75) is 64.7 Å². The van der Waals surface area contributed by atoms with Crippen LogP contribution >= 0.6 is 0 Å². The molecule has 0 aromatic rings. The van der Waals surface area contributed by atoms with Crippen LogP contribution in [-0.2, 0) is 9.47 Å². The van der Waals surface area contributed by atoms with Crippen LogP contribution in [0.1, 0.15) is 40.5 Å². The molecule has 6 fully saturated rings. The molecule has 170 valence electrons. The third-order valence-electron chi connectivity index (χ3n) is 10.9. The van der Waals surface area contributed by atoms with Gasteiger partial charge in [0, 0.05) is 74.3 Å². The zero-order valence-corrected chi connectivity index (χ0v) is 19.5. The Morgan fingerprint density at radius 3 is 1.37 bits per heavy atom. The number of hydrogen-bond acceptors (Lipinski definition) is 6. The first-order valence-electron chi connectivity index (χ1n) is 12.5. The molecule has 6 rings (SSSR count). The van der Waals surface area contributed by atoms with Crippen LogP contribution in [0, 0.1) is 21.7 Å². The van der Waals surface area contributed by atoms with Crippen molar-refractivity contribution in [2.24, 2.45) is 21.7 Å². The molecular formula is C24H42N4O2. The molecule has 6 nitrogen and oxygen atoms in total. The molecular weight excluding hydrogens is 376 g/mol. The van der Waals surface area contributed by atoms with Gasteiger partial charge in [-0.05, 0) is 23.7 Å². The molecule has 0 amide bonds. The van der Waals surface area contributed by atoms with E-state index in [1.165, 1.54) is 25.9 Å². The minimum Gasteiger partial charge on any atom is -0.379 e. The van der Waals surface area contributed by atoms with Crippen LogP contribution < -0.4 is 10.6 Å². The fourth-order valence-corrected chi connectivity index (χ4v) is 9.35. The molecule has 4 aliphatic heterocycles. The first-order chi connectivity index (χ1) is 14.3. The van der Waals surface area contributed by atoms with E-state index in [4.69, 9.17) is 9.47 Å². The van der Waals surface area contributed by atoms with Crippen LogP contribution in [0.3, 0.4) is 0 Å². The molecule has 0 unspecified atom stereocenters. The standard InChI is InChI=1S/C24H42N4O2/c1-21(2)17-13-20-24(16-28-7-11-30-12-8-28)22(3,4)18(26-20)14-19(25-17)23(21,24)15-27-5-9-29-10-6-27/h17-20,25-26H,5-16H2,1-4H3/t17-,18-,19+,20+,23-,24+/m1/s1. The predicted molar refractivity (Wildman–Crippen MR) is 118 cm³/mol. The zero-order valence-electron chi connectivity index (χ0n) is 19.5. The van der Waals surface area contributed by atoms with Crippen LogP contribution in [0.5, 0.6) is 0 Å². The highest BCUT2D eigenvalue weighted by atomic mass is 16.5. The lowest BCUT2D eigenvalue weighted by Gasteiger charge is -2.69. The van der Waals surface area contributed by atoms with Gasteiger partial charge in [0.1, 0.15) is 0 Å². The summed E-state index contributed by atoms with van der Waals surface area (Å²) >= 11 is 0. The number of rotatable bonds is 4. The van der Waals surface area contributed by atoms with Crippen LogP contribution in [0.4, 0.5) is 0 Å². The molecule has 6 heteroatoms. The van der Waals surface area contributed by atoms with E-state index in [2.05, 4.69) is 48.1 Å². The summed E-state index contributed by atoms with van der Waals surface area (Å²) < 4.78 is 11.5. The Labute approximate surface area is 182 Å². The van der Waals surface area contributed by atoms with Gasteiger partial charge in [0.25, 0.3) is 0 Å². The lowest BCUT2D eigenvalue weighted by molar-refractivity contribution is -0.199. The fraction of sp³-hybridized carbons (Fsp3) is 1.00. The fourth-order valence-electron chi connectivity index (χ4n) is 9.35. The van der Waals surface area contributed by atoms with Crippen molar-refractivity contribution in [1.29, 1.82) is 0 Å². The van der Waals surface area contributed by atoms with Gasteiger partial charge < -0.3 is 20.1 Å². The van der Waals surface area contributed by atoms with E-state index in [0.717, 1.165) is 52.6 Å². The minimum atomic E-state index is 0.271. The Morgan fingerprint density at radius 2 is 1.00 bits per heavy atom. The van der Waals surface area contributed by atoms with Gasteiger partial charge in [-0.2, -0.15) is 0 Å². The van der Waals surface area contributed by atoms with Gasteiger partial charge in [-0.15, -0.1) is 0 Å². The number of fused-ring (bicyclic) bond motifs is 2. The number of morpholine rings is 2. The normalized spacial score (nSPS) is 49.6. The number of nitrogens with one attached hydrogen (secondary N) is 2. The number of nitrogens with zero attached hydrogens (tertiary/aromatic N) is 2. The summed E-state index contributed by atoms with van der Waals surface area (Å²) in [5.74, 6) is 0. The second kappa shape index (κ2) is 6.64. The van der Waals surface area contributed by atoms with E-state index in [1.807, 2.05) is 0 Å². The van der Waals surface area contributed by atoms with Crippen LogP contribution in [0.15, 0.2) is 0 Å². The molecule has 6 atom stereocenters. The quantitative estimate of drug-likeness (QED) is 0.715. The third kappa shape index (κ3) is 2.31. The Morgan fingerprint density at radius 1 is 0.633 bits per heavy atom. The van der Waals surface area contributed by atoms with Crippen molar-refractivity contribution in [3.63, 3.8) is 0 Å². The van der Waals surface area contributed by atoms with Gasteiger partial charge in [0.15, 0.2) is 0 Å². The van der Waals surface area contributed by atoms with Crippen molar-refractivity contribution in [2.75, 3.05) is 65.7 Å². The molecule has 6 aliphatic rings. The smallest absolute Gasteiger partial charge is 0.0594 e. The minimum absolute atomic E-state index is 0.271. The lowest BCUT2D eigenvalue weighted by atomic mass is 9.35. The molecule has 0 aromatic carbocycles. The van der Waals surface area contributed by atoms with E-state index in [-0.39, 0.29) is 21.7 Å². The van der Waals surface area contributed by atoms with Crippen LogP contribution in [-0.4, -0.2) is 99.7 Å². The molecule has 2 N–H and O–H groups in total. The Kier molecular flexibility index (Phi) is 4.51. The number of ether oxygens (including phenoxy) is 2. The summed E-state index contributed by atoms with van der Waals surface area (Å²) in [6, 6.07) is 2.46. The Bertz CT molecular complexity index is 629. The highest BCUT2D eigenvalue weighted by Gasteiger charge is 2.83. The van der Waals surface area contributed by atoms with Gasteiger partial charge in [0.2, 0.25) is 0 Å². The van der Waals surface area contributed by atoms with Gasteiger partial charge >= 0.3 is 0 Å². The summed E-state index contributed by atoms with van der Waals surface area (Å²) in [6.45, 7) is 20.8. The lowest BCUT2D eigenvalue weighted by Crippen LogP contribution is -2.75. The maximum absolute atomic E-state index is 5.74. The van der Waals surface area contributed by atoms with Crippen LogP contribution in [0.25, 0.3) is 0 Å². The maximum Gasteiger partial charge on any atom is 0.0594 e. The van der Waals surface area contributed by atoms with Crippen molar-refractivity contribution >= 4 is 0 Å². The van der Waals surface area contributed by atoms with Crippen LogP contribution in [0.2, 0.25) is 0 Å². The highest BCUT2D eigenvalue weighted by Crippen LogP contribution is 2.76. The van der Waals surface area contributed by atoms with Gasteiger partial charge in [0.05, 0.1) is 26.4 Å². The van der Waals surface area contributed by atoms with E-state index in [9.17, 15) is 0 Å². The van der Waals surface area contributed by atoms with Crippen molar-refractivity contribution in [3.05, 3.63) is 0 Å². The SMILES string of the molecule is CC1(C)[C@H]2C[C@@H]3N[C@@H]4C[C@H](N2)[C@]1(CN1CCOCC1)[C@@]3(CN1CCOCC1)C4(C)C. The molecule has 0 radical (unpaired) electrons. The Hall–Kier alpha value is -0.240. The second-order valence-electron chi connectivity index (χ2n) is 12.2. The summed E-state index contributed by atoms with van der Waals surface area (Å²) in [5.41, 5.74) is 1.11. The molecule has 2 saturated carbocycles. The van der Waals surface area contributed by atoms with E-state index in [0.29, 0.717) is 24.2 Å². The molecule has 4 heterocycles. The van der Waals surface area contributed by atoms with E-state index in [1.54, 1.807) is 0 Å². The number of hydrogen-bond donors (Lipinski definition) is 2. The summed E-state index contributed by atoms with van der Waals surface area (Å²) in [6.07, 6.45) is 2.55. The largest absolute Gasteiger partial charge is 0.379 e. The monoisotopic (exact) mass is 418 g/mol. The summed E-state index contributed by atoms with van der Waals surface area (Å²) in [4.78, 5) is 5.50.